The lowest BCUT2D eigenvalue weighted by atomic mass is 10.0. The fourth-order valence-corrected chi connectivity index (χ4v) is 1.52. The van der Waals surface area contributed by atoms with Gasteiger partial charge in [0.25, 0.3) is 0 Å². The van der Waals surface area contributed by atoms with Crippen molar-refractivity contribution in [2.24, 2.45) is 0 Å². The summed E-state index contributed by atoms with van der Waals surface area (Å²) in [6.45, 7) is 4.08. The van der Waals surface area contributed by atoms with Crippen molar-refractivity contribution in [2.75, 3.05) is 6.61 Å². The molecule has 1 N–H and O–H groups in total. The van der Waals surface area contributed by atoms with E-state index in [4.69, 9.17) is 9.84 Å². The van der Waals surface area contributed by atoms with E-state index >= 15 is 0 Å². The molecule has 0 heterocycles. The summed E-state index contributed by atoms with van der Waals surface area (Å²) in [6.07, 6.45) is 1.17. The van der Waals surface area contributed by atoms with Crippen LogP contribution in [-0.4, -0.2) is 23.5 Å². The highest BCUT2D eigenvalue weighted by molar-refractivity contribution is 6.00. The topological polar surface area (TPSA) is 63.6 Å². The highest BCUT2D eigenvalue weighted by Gasteiger charge is 2.14. The Morgan fingerprint density at radius 1 is 1.29 bits per heavy atom. The number of hydrogen-bond donors (Lipinski definition) is 1. The molecule has 92 valence electrons. The second-order valence-electron chi connectivity index (χ2n) is 3.62. The maximum atomic E-state index is 11.7. The number of aromatic carboxylic acids is 1. The molecule has 4 nitrogen and oxygen atoms in total. The van der Waals surface area contributed by atoms with Crippen LogP contribution in [0.15, 0.2) is 18.2 Å². The van der Waals surface area contributed by atoms with Crippen molar-refractivity contribution < 1.29 is 19.4 Å². The minimum absolute atomic E-state index is 0.0359. The van der Waals surface area contributed by atoms with Crippen molar-refractivity contribution in [3.05, 3.63) is 29.3 Å². The van der Waals surface area contributed by atoms with Crippen LogP contribution in [0.4, 0.5) is 0 Å². The maximum absolute atomic E-state index is 11.7. The summed E-state index contributed by atoms with van der Waals surface area (Å²) in [7, 11) is 0. The number of carbonyl (C=O) groups is 2. The van der Waals surface area contributed by atoms with Crippen molar-refractivity contribution in [2.45, 2.75) is 26.7 Å². The number of carboxylic acid groups (broad SMARTS) is 1. The summed E-state index contributed by atoms with van der Waals surface area (Å²) in [5.41, 5.74) is 0.460. The average Bonchev–Trinajstić information content (AvgIpc) is 2.30. The first-order chi connectivity index (χ1) is 8.10. The van der Waals surface area contributed by atoms with Crippen molar-refractivity contribution in [3.8, 4) is 5.75 Å². The third-order valence-electron chi connectivity index (χ3n) is 2.31. The number of ether oxygens (including phenoxy) is 1. The Kier molecular flexibility index (Phi) is 4.69. The van der Waals surface area contributed by atoms with Crippen LogP contribution in [-0.2, 0) is 0 Å². The quantitative estimate of drug-likeness (QED) is 0.771. The van der Waals surface area contributed by atoms with E-state index < -0.39 is 5.97 Å². The predicted octanol–water partition coefficient (Wildman–Crippen LogP) is 2.77. The molecule has 0 bridgehead atoms. The Hall–Kier alpha value is -1.84. The van der Waals surface area contributed by atoms with Gasteiger partial charge < -0.3 is 9.84 Å². The van der Waals surface area contributed by atoms with E-state index in [1.807, 2.05) is 6.92 Å². The number of ketones is 1. The summed E-state index contributed by atoms with van der Waals surface area (Å²) in [4.78, 5) is 22.7. The summed E-state index contributed by atoms with van der Waals surface area (Å²) in [5, 5.41) is 9.04. The highest BCUT2D eigenvalue weighted by atomic mass is 16.5. The van der Waals surface area contributed by atoms with E-state index in [1.54, 1.807) is 13.0 Å². The van der Waals surface area contributed by atoms with E-state index in [2.05, 4.69) is 0 Å². The second-order valence-corrected chi connectivity index (χ2v) is 3.62. The second kappa shape index (κ2) is 6.03. The SMILES string of the molecule is CCCC(=O)c1ccc(OCC)c(C(=O)O)c1. The van der Waals surface area contributed by atoms with Crippen LogP contribution < -0.4 is 4.74 Å². The molecule has 1 aromatic carbocycles. The number of Topliss-reactive ketones (excluding diaryl/α,β-unsaturated/α-hetero) is 1. The molecule has 0 atom stereocenters. The standard InChI is InChI=1S/C13H16O4/c1-3-5-11(14)9-6-7-12(17-4-2)10(8-9)13(15)16/h6-8H,3-5H2,1-2H3,(H,15,16). The minimum atomic E-state index is -1.08. The van der Waals surface area contributed by atoms with E-state index in [0.29, 0.717) is 24.3 Å². The molecule has 0 unspecified atom stereocenters. The summed E-state index contributed by atoms with van der Waals surface area (Å²) >= 11 is 0. The normalized spacial score (nSPS) is 10.0. The van der Waals surface area contributed by atoms with Gasteiger partial charge in [0.15, 0.2) is 5.78 Å². The molecule has 17 heavy (non-hydrogen) atoms. The van der Waals surface area contributed by atoms with E-state index in [9.17, 15) is 9.59 Å². The molecule has 0 fully saturated rings. The zero-order valence-corrected chi connectivity index (χ0v) is 10.0. The Labute approximate surface area is 100 Å². The molecule has 0 radical (unpaired) electrons. The molecule has 0 aliphatic heterocycles. The van der Waals surface area contributed by atoms with E-state index in [1.165, 1.54) is 12.1 Å². The fraction of sp³-hybridized carbons (Fsp3) is 0.385. The zero-order chi connectivity index (χ0) is 12.8. The number of benzene rings is 1. The Morgan fingerprint density at radius 3 is 2.53 bits per heavy atom. The number of carbonyl (C=O) groups excluding carboxylic acids is 1. The van der Waals surface area contributed by atoms with Crippen molar-refractivity contribution in [3.63, 3.8) is 0 Å². The highest BCUT2D eigenvalue weighted by Crippen LogP contribution is 2.21. The molecule has 0 aliphatic rings. The smallest absolute Gasteiger partial charge is 0.339 e. The van der Waals surface area contributed by atoms with Gasteiger partial charge in [-0.15, -0.1) is 0 Å². The summed E-state index contributed by atoms with van der Waals surface area (Å²) in [5.74, 6) is -0.828. The lowest BCUT2D eigenvalue weighted by Crippen LogP contribution is -2.06. The first kappa shape index (κ1) is 13.2. The molecule has 4 heteroatoms. The average molecular weight is 236 g/mol. The molecular weight excluding hydrogens is 220 g/mol. The minimum Gasteiger partial charge on any atom is -0.493 e. The molecule has 0 aliphatic carbocycles. The van der Waals surface area contributed by atoms with Crippen LogP contribution >= 0.6 is 0 Å². The van der Waals surface area contributed by atoms with Gasteiger partial charge in [-0.05, 0) is 31.5 Å². The van der Waals surface area contributed by atoms with Crippen molar-refractivity contribution >= 4 is 11.8 Å². The molecule has 1 rings (SSSR count). The van der Waals surface area contributed by atoms with Gasteiger partial charge in [-0.2, -0.15) is 0 Å². The van der Waals surface area contributed by atoms with Crippen LogP contribution in [0.5, 0.6) is 5.75 Å². The lowest BCUT2D eigenvalue weighted by molar-refractivity contribution is 0.0692. The number of carboxylic acids is 1. The number of rotatable bonds is 6. The molecule has 1 aromatic rings. The number of hydrogen-bond acceptors (Lipinski definition) is 3. The molecule has 0 saturated heterocycles. The van der Waals surface area contributed by atoms with Gasteiger partial charge in [0.2, 0.25) is 0 Å². The fourth-order valence-electron chi connectivity index (χ4n) is 1.52. The van der Waals surface area contributed by atoms with Gasteiger partial charge >= 0.3 is 5.97 Å². The molecule has 0 spiro atoms. The van der Waals surface area contributed by atoms with E-state index in [-0.39, 0.29) is 11.3 Å². The van der Waals surface area contributed by atoms with Gasteiger partial charge in [0.05, 0.1) is 6.61 Å². The van der Waals surface area contributed by atoms with Gasteiger partial charge in [-0.3, -0.25) is 4.79 Å². The third kappa shape index (κ3) is 3.31. The largest absolute Gasteiger partial charge is 0.493 e. The third-order valence-corrected chi connectivity index (χ3v) is 2.31. The van der Waals surface area contributed by atoms with Gasteiger partial charge in [-0.1, -0.05) is 6.92 Å². The van der Waals surface area contributed by atoms with Gasteiger partial charge in [0.1, 0.15) is 11.3 Å². The van der Waals surface area contributed by atoms with Crippen LogP contribution in [0.2, 0.25) is 0 Å². The Balaban J connectivity index is 3.09. The molecule has 0 amide bonds. The van der Waals surface area contributed by atoms with Gasteiger partial charge in [-0.25, -0.2) is 4.79 Å². The van der Waals surface area contributed by atoms with Crippen molar-refractivity contribution in [1.29, 1.82) is 0 Å². The predicted molar refractivity (Wildman–Crippen MR) is 63.8 cm³/mol. The van der Waals surface area contributed by atoms with Gasteiger partial charge in [0, 0.05) is 12.0 Å². The van der Waals surface area contributed by atoms with Crippen LogP contribution in [0.1, 0.15) is 47.4 Å². The maximum Gasteiger partial charge on any atom is 0.339 e. The van der Waals surface area contributed by atoms with Crippen molar-refractivity contribution in [1.82, 2.24) is 0 Å². The van der Waals surface area contributed by atoms with Crippen LogP contribution in [0.3, 0.4) is 0 Å². The first-order valence-electron chi connectivity index (χ1n) is 5.63. The molecule has 0 aromatic heterocycles. The monoisotopic (exact) mass is 236 g/mol. The van der Waals surface area contributed by atoms with E-state index in [0.717, 1.165) is 6.42 Å². The Bertz CT molecular complexity index is 423. The lowest BCUT2D eigenvalue weighted by Gasteiger charge is -2.08. The molecule has 0 saturated carbocycles. The first-order valence-corrected chi connectivity index (χ1v) is 5.63. The molecular formula is C13H16O4. The summed E-state index contributed by atoms with van der Waals surface area (Å²) < 4.78 is 5.20. The van der Waals surface area contributed by atoms with Crippen LogP contribution in [0, 0.1) is 0 Å². The van der Waals surface area contributed by atoms with Crippen LogP contribution in [0.25, 0.3) is 0 Å². The summed E-state index contributed by atoms with van der Waals surface area (Å²) in [6, 6.07) is 4.52. The zero-order valence-electron chi connectivity index (χ0n) is 10.0. The Morgan fingerprint density at radius 2 is 2.00 bits per heavy atom.